The standard InChI is InChI=1S/C64H85F5N8O13/c1-45-71-73-62(77(45)53-40-51-10-11-52(41-53)76(51)18-14-59(46-6-3-2-4-7-46)70-63(79)47-12-16-64(68,69)17-13-47)48-36-56(37-48)89-55-9-5-8-54(42-55)88-35-34-86-31-30-84-28-29-85-32-33-87-44-50-43-75(74-72-50)19-21-81-23-25-83-27-26-82-24-22-80-20-15-60(78)90-61-57(66)38-49(65)39-58(61)67/h2-9,38-39,42-43,47-48,51-53,56,59H,10-37,40-41,44H2,1H3,(H,70,79)/t48?,51-,52?,53?,56?,59-/m0/s1. The Morgan fingerprint density at radius 3 is 1.87 bits per heavy atom. The Labute approximate surface area is 521 Å². The van der Waals surface area contributed by atoms with E-state index in [-0.39, 0.29) is 81.8 Å². The first kappa shape index (κ1) is 68.1. The van der Waals surface area contributed by atoms with Crippen LogP contribution in [0, 0.1) is 30.3 Å². The molecule has 9 rings (SSSR count). The predicted octanol–water partition coefficient (Wildman–Crippen LogP) is 8.87. The maximum absolute atomic E-state index is 13.9. The number of nitrogens with one attached hydrogen (secondary N) is 1. The molecule has 2 saturated heterocycles. The van der Waals surface area contributed by atoms with E-state index in [4.69, 9.17) is 52.5 Å². The summed E-state index contributed by atoms with van der Waals surface area (Å²) in [6.07, 6.45) is 8.38. The molecule has 2 bridgehead atoms. The molecule has 5 aromatic rings. The van der Waals surface area contributed by atoms with Crippen LogP contribution in [0.3, 0.4) is 0 Å². The summed E-state index contributed by atoms with van der Waals surface area (Å²) in [7, 11) is 0. The molecule has 494 valence electrons. The SMILES string of the molecule is Cc1nnc(C2CC(Oc3cccc(OCCOCCOCCOCCOCc4cn(CCOCCOCCOCCOCCC(=O)Oc5c(F)cc(F)cc5F)nn4)c3)C2)n1C1CC2CC[C@@H](C1)N2CC[C@H](NC(=O)C1CCC(F)(F)CC1)c1ccccc1. The maximum atomic E-state index is 13.9. The Morgan fingerprint density at radius 2 is 1.22 bits per heavy atom. The average Bonchev–Trinajstić information content (AvgIpc) is 1.61. The van der Waals surface area contributed by atoms with E-state index in [0.29, 0.717) is 141 Å². The number of piperidine rings is 1. The van der Waals surface area contributed by atoms with Gasteiger partial charge in [-0.05, 0) is 82.4 Å². The summed E-state index contributed by atoms with van der Waals surface area (Å²) in [4.78, 5) is 27.8. The minimum atomic E-state index is -2.67. The smallest absolute Gasteiger partial charge is 0.313 e. The number of carbonyl (C=O) groups excluding carboxylic acids is 2. The normalized spacial score (nSPS) is 20.2. The number of aromatic nitrogens is 6. The quantitative estimate of drug-likeness (QED) is 0.0167. The summed E-state index contributed by atoms with van der Waals surface area (Å²) < 4.78 is 134. The second kappa shape index (κ2) is 35.6. The highest BCUT2D eigenvalue weighted by molar-refractivity contribution is 5.79. The zero-order valence-electron chi connectivity index (χ0n) is 51.2. The van der Waals surface area contributed by atoms with Gasteiger partial charge in [0.25, 0.3) is 0 Å². The summed E-state index contributed by atoms with van der Waals surface area (Å²) in [5.41, 5.74) is 1.74. The van der Waals surface area contributed by atoms with Crippen molar-refractivity contribution in [2.45, 2.75) is 139 Å². The van der Waals surface area contributed by atoms with E-state index < -0.39 is 35.1 Å². The predicted molar refractivity (Wildman–Crippen MR) is 316 cm³/mol. The number of halogens is 5. The fraction of sp³-hybridized carbons (Fsp3) is 0.625. The molecule has 2 unspecified atom stereocenters. The molecular formula is C64H85F5N8O13. The highest BCUT2D eigenvalue weighted by Crippen LogP contribution is 2.46. The summed E-state index contributed by atoms with van der Waals surface area (Å²) >= 11 is 0. The second-order valence-corrected chi connectivity index (χ2v) is 23.1. The van der Waals surface area contributed by atoms with Crippen LogP contribution in [0.1, 0.15) is 118 Å². The van der Waals surface area contributed by atoms with Gasteiger partial charge in [0.1, 0.15) is 47.4 Å². The van der Waals surface area contributed by atoms with Crippen LogP contribution in [0.2, 0.25) is 0 Å². The van der Waals surface area contributed by atoms with E-state index in [1.54, 1.807) is 10.9 Å². The van der Waals surface area contributed by atoms with Crippen molar-refractivity contribution >= 4 is 11.9 Å². The van der Waals surface area contributed by atoms with Crippen molar-refractivity contribution in [2.75, 3.05) is 112 Å². The topological polar surface area (TPSA) is 212 Å². The third kappa shape index (κ3) is 21.4. The fourth-order valence-electron chi connectivity index (χ4n) is 12.0. The van der Waals surface area contributed by atoms with Crippen molar-refractivity contribution in [3.8, 4) is 17.2 Å². The summed E-state index contributed by atoms with van der Waals surface area (Å²) in [6, 6.07) is 19.6. The zero-order chi connectivity index (χ0) is 62.9. The van der Waals surface area contributed by atoms with E-state index >= 15 is 0 Å². The first-order valence-corrected chi connectivity index (χ1v) is 31.5. The Kier molecular flexibility index (Phi) is 26.9. The largest absolute Gasteiger partial charge is 0.491 e. The Morgan fingerprint density at radius 1 is 0.633 bits per heavy atom. The minimum absolute atomic E-state index is 0.0514. The third-order valence-electron chi connectivity index (χ3n) is 16.6. The fourth-order valence-corrected chi connectivity index (χ4v) is 12.0. The number of nitrogens with zero attached hydrogens (tertiary/aromatic N) is 7. The number of alkyl halides is 2. The van der Waals surface area contributed by atoms with Crippen LogP contribution in [0.15, 0.2) is 72.9 Å². The second-order valence-electron chi connectivity index (χ2n) is 23.1. The molecule has 4 atom stereocenters. The van der Waals surface area contributed by atoms with Gasteiger partial charge in [-0.2, -0.15) is 0 Å². The number of ether oxygens (including phenoxy) is 11. The molecule has 21 nitrogen and oxygen atoms in total. The van der Waals surface area contributed by atoms with Gasteiger partial charge in [0.05, 0.1) is 131 Å². The number of aryl methyl sites for hydroxylation is 1. The molecule has 2 saturated carbocycles. The molecule has 4 aliphatic rings. The number of benzene rings is 3. The molecule has 3 aromatic carbocycles. The monoisotopic (exact) mass is 1270 g/mol. The molecule has 4 heterocycles. The van der Waals surface area contributed by atoms with E-state index in [0.717, 1.165) is 74.5 Å². The number of hydrogen-bond donors (Lipinski definition) is 1. The van der Waals surface area contributed by atoms with Crippen molar-refractivity contribution in [3.05, 3.63) is 113 Å². The van der Waals surface area contributed by atoms with Crippen LogP contribution >= 0.6 is 0 Å². The molecule has 2 aliphatic carbocycles. The van der Waals surface area contributed by atoms with Gasteiger partial charge in [0.2, 0.25) is 17.6 Å². The summed E-state index contributed by atoms with van der Waals surface area (Å²) in [6.45, 7) is 9.21. The van der Waals surface area contributed by atoms with E-state index in [9.17, 15) is 31.5 Å². The van der Waals surface area contributed by atoms with E-state index in [2.05, 4.69) is 41.9 Å². The first-order valence-electron chi connectivity index (χ1n) is 31.5. The summed E-state index contributed by atoms with van der Waals surface area (Å²) in [5.74, 6) is -5.02. The molecule has 1 N–H and O–H groups in total. The lowest BCUT2D eigenvalue weighted by molar-refractivity contribution is -0.136. The molecule has 0 radical (unpaired) electrons. The number of amides is 1. The molecule has 26 heteroatoms. The highest BCUT2D eigenvalue weighted by Gasteiger charge is 2.44. The lowest BCUT2D eigenvalue weighted by Gasteiger charge is -2.42. The molecule has 2 aliphatic heterocycles. The Hall–Kier alpha value is -6.23. The number of esters is 1. The van der Waals surface area contributed by atoms with Crippen LogP contribution in [0.5, 0.6) is 17.2 Å². The van der Waals surface area contributed by atoms with Gasteiger partial charge >= 0.3 is 5.97 Å². The van der Waals surface area contributed by atoms with Crippen LogP contribution in [0.25, 0.3) is 0 Å². The number of fused-ring (bicyclic) bond motifs is 2. The van der Waals surface area contributed by atoms with Crippen molar-refractivity contribution < 1.29 is 83.6 Å². The van der Waals surface area contributed by atoms with Gasteiger partial charge in [-0.3, -0.25) is 14.5 Å². The van der Waals surface area contributed by atoms with E-state index in [1.165, 1.54) is 0 Å². The van der Waals surface area contributed by atoms with Gasteiger partial charge in [0, 0.05) is 67.5 Å². The van der Waals surface area contributed by atoms with Gasteiger partial charge in [-0.15, -0.1) is 15.3 Å². The lowest BCUT2D eigenvalue weighted by Crippen LogP contribution is -2.46. The van der Waals surface area contributed by atoms with Gasteiger partial charge in [0.15, 0.2) is 11.6 Å². The Bertz CT molecular complexity index is 2910. The van der Waals surface area contributed by atoms with Crippen LogP contribution in [0.4, 0.5) is 22.0 Å². The van der Waals surface area contributed by atoms with Crippen molar-refractivity contribution in [3.63, 3.8) is 0 Å². The van der Waals surface area contributed by atoms with Crippen LogP contribution in [-0.2, 0) is 60.6 Å². The van der Waals surface area contributed by atoms with Gasteiger partial charge in [-0.25, -0.2) is 26.6 Å². The lowest BCUT2D eigenvalue weighted by atomic mass is 9.81. The molecule has 2 aromatic heterocycles. The van der Waals surface area contributed by atoms with Gasteiger partial charge < -0.3 is 62.0 Å². The molecule has 0 spiro atoms. The third-order valence-corrected chi connectivity index (χ3v) is 16.6. The average molecular weight is 1270 g/mol. The highest BCUT2D eigenvalue weighted by atomic mass is 19.3. The van der Waals surface area contributed by atoms with Gasteiger partial charge in [-0.1, -0.05) is 41.6 Å². The van der Waals surface area contributed by atoms with Crippen LogP contribution in [-0.4, -0.2) is 183 Å². The molecule has 90 heavy (non-hydrogen) atoms. The van der Waals surface area contributed by atoms with Crippen molar-refractivity contribution in [1.82, 2.24) is 40.0 Å². The minimum Gasteiger partial charge on any atom is -0.491 e. The first-order chi connectivity index (χ1) is 43.8. The van der Waals surface area contributed by atoms with E-state index in [1.807, 2.05) is 54.6 Å². The van der Waals surface area contributed by atoms with Crippen LogP contribution < -0.4 is 19.5 Å². The number of carbonyl (C=O) groups is 2. The Balaban J connectivity index is 0.541. The van der Waals surface area contributed by atoms with Crippen molar-refractivity contribution in [1.29, 1.82) is 0 Å². The maximum Gasteiger partial charge on any atom is 0.313 e. The molecular weight excluding hydrogens is 1180 g/mol. The summed E-state index contributed by atoms with van der Waals surface area (Å²) in [5, 5.41) is 20.8. The molecule has 4 fully saturated rings. The number of rotatable bonds is 41. The number of hydrogen-bond acceptors (Lipinski definition) is 18. The zero-order valence-corrected chi connectivity index (χ0v) is 51.2. The van der Waals surface area contributed by atoms with Crippen molar-refractivity contribution in [2.24, 2.45) is 5.92 Å². The molecule has 1 amide bonds.